The van der Waals surface area contributed by atoms with E-state index in [1.54, 1.807) is 36.4 Å². The molecule has 5 rings (SSSR count). The number of aromatic carboxylic acids is 1. The van der Waals surface area contributed by atoms with Crippen LogP contribution in [0.15, 0.2) is 93.8 Å². The molecule has 7 heteroatoms. The van der Waals surface area contributed by atoms with Crippen LogP contribution < -0.4 is 5.32 Å². The third-order valence-electron chi connectivity index (χ3n) is 5.15. The van der Waals surface area contributed by atoms with E-state index >= 15 is 0 Å². The Bertz CT molecular complexity index is 1610. The van der Waals surface area contributed by atoms with E-state index in [0.717, 1.165) is 10.8 Å². The van der Waals surface area contributed by atoms with Crippen molar-refractivity contribution >= 4 is 62.3 Å². The minimum atomic E-state index is -1.27. The maximum absolute atomic E-state index is 13.0. The Hall–Kier alpha value is -4.29. The zero-order valence-corrected chi connectivity index (χ0v) is 17.8. The summed E-state index contributed by atoms with van der Waals surface area (Å²) in [5.41, 5.74) is 1.65. The molecule has 6 nitrogen and oxygen atoms in total. The number of nitrogens with one attached hydrogen (secondary N) is 1. The Kier molecular flexibility index (Phi) is 5.20. The Morgan fingerprint density at radius 3 is 1.85 bits per heavy atom. The van der Waals surface area contributed by atoms with E-state index < -0.39 is 11.9 Å². The van der Waals surface area contributed by atoms with Crippen LogP contribution in [0.25, 0.3) is 33.1 Å². The second kappa shape index (κ2) is 8.33. The molecule has 0 fully saturated rings. The van der Waals surface area contributed by atoms with Gasteiger partial charge in [-0.15, -0.1) is 0 Å². The van der Waals surface area contributed by atoms with Crippen LogP contribution in [0.5, 0.6) is 0 Å². The van der Waals surface area contributed by atoms with E-state index in [4.69, 9.17) is 20.4 Å². The van der Waals surface area contributed by atoms with Crippen molar-refractivity contribution in [2.75, 3.05) is 5.32 Å². The molecule has 162 valence electrons. The molecular weight excluding hydrogens is 442 g/mol. The molecule has 0 bridgehead atoms. The van der Waals surface area contributed by atoms with Crippen LogP contribution in [0, 0.1) is 0 Å². The number of carbonyl (C=O) groups excluding carboxylic acids is 1. The van der Waals surface area contributed by atoms with Gasteiger partial charge in [0.15, 0.2) is 11.2 Å². The van der Waals surface area contributed by atoms with E-state index in [-0.39, 0.29) is 22.3 Å². The number of para-hydroxylation sites is 2. The molecule has 1 amide bonds. The number of fused-ring (bicyclic) bond motifs is 4. The van der Waals surface area contributed by atoms with Crippen molar-refractivity contribution in [1.29, 1.82) is 0 Å². The average molecular weight is 458 g/mol. The van der Waals surface area contributed by atoms with Crippen molar-refractivity contribution in [2.45, 2.75) is 0 Å². The van der Waals surface area contributed by atoms with Crippen molar-refractivity contribution in [1.82, 2.24) is 0 Å². The molecule has 0 saturated carbocycles. The van der Waals surface area contributed by atoms with Crippen LogP contribution in [0.3, 0.4) is 0 Å². The quantitative estimate of drug-likeness (QED) is 0.302. The summed E-state index contributed by atoms with van der Waals surface area (Å²) in [6, 6.07) is 24.1. The normalized spacial score (nSPS) is 10.9. The van der Waals surface area contributed by atoms with E-state index in [1.807, 2.05) is 36.4 Å². The highest BCUT2D eigenvalue weighted by Gasteiger charge is 2.20. The van der Waals surface area contributed by atoms with Crippen LogP contribution in [0.2, 0.25) is 5.02 Å². The number of rotatable bonds is 3. The van der Waals surface area contributed by atoms with Gasteiger partial charge in [0, 0.05) is 21.5 Å². The zero-order valence-electron chi connectivity index (χ0n) is 17.0. The fourth-order valence-corrected chi connectivity index (χ4v) is 3.83. The smallest absolute Gasteiger partial charge is 0.336 e. The molecule has 0 atom stereocenters. The van der Waals surface area contributed by atoms with Gasteiger partial charge in [0.25, 0.3) is 5.91 Å². The number of amides is 1. The highest BCUT2D eigenvalue weighted by Crippen LogP contribution is 2.29. The van der Waals surface area contributed by atoms with Crippen molar-refractivity contribution in [2.24, 2.45) is 0 Å². The minimum absolute atomic E-state index is 0.0730. The predicted molar refractivity (Wildman–Crippen MR) is 127 cm³/mol. The first kappa shape index (κ1) is 20.6. The van der Waals surface area contributed by atoms with Crippen molar-refractivity contribution < 1.29 is 23.5 Å². The lowest BCUT2D eigenvalue weighted by atomic mass is 10.1. The van der Waals surface area contributed by atoms with Crippen LogP contribution in [0.4, 0.5) is 5.69 Å². The van der Waals surface area contributed by atoms with E-state index in [9.17, 15) is 14.7 Å². The largest absolute Gasteiger partial charge is 0.478 e. The average Bonchev–Trinajstić information content (AvgIpc) is 2.79. The van der Waals surface area contributed by atoms with Gasteiger partial charge in [0.2, 0.25) is 0 Å². The third-order valence-corrected chi connectivity index (χ3v) is 5.38. The first-order chi connectivity index (χ1) is 16.0. The van der Waals surface area contributed by atoms with Gasteiger partial charge in [0.05, 0.1) is 11.1 Å². The standard InChI is InChI=1S/C26H16ClNO5/c27-15-6-5-7-16(12-15)28-25(29)19-13-23-24(14-20(19)26(30)31)33-22-11-4-2-9-18(22)17-8-1-3-10-21(17)32-23/h1-14H,(H,28,29)(H,30,31). The number of hydrogen-bond donors (Lipinski definition) is 2. The Morgan fingerprint density at radius 1 is 0.697 bits per heavy atom. The molecule has 0 radical (unpaired) electrons. The van der Waals surface area contributed by atoms with Crippen molar-refractivity contribution in [3.63, 3.8) is 0 Å². The summed E-state index contributed by atoms with van der Waals surface area (Å²) in [6.45, 7) is 0. The summed E-state index contributed by atoms with van der Waals surface area (Å²) >= 11 is 5.99. The molecule has 5 aromatic rings. The van der Waals surface area contributed by atoms with Crippen molar-refractivity contribution in [3.05, 3.63) is 101 Å². The molecule has 0 aliphatic carbocycles. The molecule has 0 aliphatic rings. The van der Waals surface area contributed by atoms with Crippen LogP contribution in [0.1, 0.15) is 20.7 Å². The first-order valence-electron chi connectivity index (χ1n) is 10.0. The molecule has 1 heterocycles. The number of carboxylic acid groups (broad SMARTS) is 1. The third kappa shape index (κ3) is 4.00. The van der Waals surface area contributed by atoms with Gasteiger partial charge in [-0.2, -0.15) is 0 Å². The van der Waals surface area contributed by atoms with E-state index in [1.165, 1.54) is 12.1 Å². The van der Waals surface area contributed by atoms with Crippen LogP contribution in [-0.2, 0) is 0 Å². The Labute approximate surface area is 192 Å². The van der Waals surface area contributed by atoms with Gasteiger partial charge in [-0.3, -0.25) is 4.79 Å². The molecule has 0 unspecified atom stereocenters. The molecule has 0 spiro atoms. The second-order valence-electron chi connectivity index (χ2n) is 7.31. The lowest BCUT2D eigenvalue weighted by Crippen LogP contribution is -2.16. The van der Waals surface area contributed by atoms with Gasteiger partial charge in [-0.05, 0) is 42.5 Å². The molecule has 0 aliphatic heterocycles. The first-order valence-corrected chi connectivity index (χ1v) is 10.4. The Morgan fingerprint density at radius 2 is 1.27 bits per heavy atom. The maximum atomic E-state index is 13.0. The summed E-state index contributed by atoms with van der Waals surface area (Å²) in [7, 11) is 0. The molecule has 4 aromatic carbocycles. The lowest BCUT2D eigenvalue weighted by Gasteiger charge is -2.10. The van der Waals surface area contributed by atoms with Gasteiger partial charge in [-0.1, -0.05) is 54.1 Å². The topological polar surface area (TPSA) is 92.7 Å². The summed E-state index contributed by atoms with van der Waals surface area (Å²) in [6.07, 6.45) is 0. The summed E-state index contributed by atoms with van der Waals surface area (Å²) < 4.78 is 12.2. The molecule has 1 aromatic heterocycles. The fourth-order valence-electron chi connectivity index (χ4n) is 3.64. The minimum Gasteiger partial charge on any atom is -0.478 e. The highest BCUT2D eigenvalue weighted by atomic mass is 35.5. The molecule has 33 heavy (non-hydrogen) atoms. The van der Waals surface area contributed by atoms with Gasteiger partial charge >= 0.3 is 5.97 Å². The van der Waals surface area contributed by atoms with E-state index in [0.29, 0.717) is 21.9 Å². The Balaban J connectivity index is 1.79. The molecular formula is C26H16ClNO5. The van der Waals surface area contributed by atoms with E-state index in [2.05, 4.69) is 5.32 Å². The number of hydrogen-bond acceptors (Lipinski definition) is 4. The van der Waals surface area contributed by atoms with Crippen LogP contribution >= 0.6 is 11.6 Å². The summed E-state index contributed by atoms with van der Waals surface area (Å²) in [5, 5.41) is 14.5. The SMILES string of the molecule is O=C(O)c1cc2oc3ccccc3c3ccccc3oc2cc1C(=O)Nc1cccc(Cl)c1. The number of carboxylic acids is 1. The zero-order chi connectivity index (χ0) is 22.9. The number of carbonyl (C=O) groups is 2. The number of benzene rings is 4. The highest BCUT2D eigenvalue weighted by molar-refractivity contribution is 6.31. The van der Waals surface area contributed by atoms with Crippen molar-refractivity contribution in [3.8, 4) is 0 Å². The van der Waals surface area contributed by atoms with Gasteiger partial charge < -0.3 is 19.3 Å². The number of anilines is 1. The summed E-state index contributed by atoms with van der Waals surface area (Å²) in [5.74, 6) is -1.88. The maximum Gasteiger partial charge on any atom is 0.336 e. The van der Waals surface area contributed by atoms with Gasteiger partial charge in [-0.25, -0.2) is 4.79 Å². The predicted octanol–water partition coefficient (Wildman–Crippen LogP) is 7.06. The van der Waals surface area contributed by atoms with Crippen LogP contribution in [-0.4, -0.2) is 17.0 Å². The number of halogens is 1. The summed E-state index contributed by atoms with van der Waals surface area (Å²) in [4.78, 5) is 25.0. The monoisotopic (exact) mass is 457 g/mol. The fraction of sp³-hybridized carbons (Fsp3) is 0. The molecule has 0 saturated heterocycles. The lowest BCUT2D eigenvalue weighted by molar-refractivity contribution is 0.0692. The van der Waals surface area contributed by atoms with Gasteiger partial charge in [0.1, 0.15) is 11.2 Å². The second-order valence-corrected chi connectivity index (χ2v) is 7.75. The molecule has 2 N–H and O–H groups in total.